The van der Waals surface area contributed by atoms with E-state index in [1.807, 2.05) is 0 Å². The number of nitro benzene ring substituents is 1. The molecule has 0 saturated heterocycles. The number of oxazole rings is 1. The predicted molar refractivity (Wildman–Crippen MR) is 68.6 cm³/mol. The van der Waals surface area contributed by atoms with Crippen molar-refractivity contribution < 1.29 is 19.2 Å². The van der Waals surface area contributed by atoms with Gasteiger partial charge in [-0.05, 0) is 18.6 Å². The molecule has 0 aliphatic heterocycles. The number of nitro groups is 1. The molecule has 20 heavy (non-hydrogen) atoms. The highest BCUT2D eigenvalue weighted by molar-refractivity contribution is 5.92. The predicted octanol–water partition coefficient (Wildman–Crippen LogP) is 2.20. The van der Waals surface area contributed by atoms with Gasteiger partial charge in [0.05, 0.1) is 23.2 Å². The van der Waals surface area contributed by atoms with Crippen molar-refractivity contribution in [3.05, 3.63) is 51.7 Å². The highest BCUT2D eigenvalue weighted by atomic mass is 16.6. The van der Waals surface area contributed by atoms with Gasteiger partial charge < -0.3 is 14.8 Å². The van der Waals surface area contributed by atoms with Gasteiger partial charge in [0.1, 0.15) is 11.4 Å². The zero-order valence-electron chi connectivity index (χ0n) is 10.5. The number of hydrogen-bond acceptors (Lipinski definition) is 6. The molecule has 0 atom stereocenters. The van der Waals surface area contributed by atoms with E-state index in [4.69, 9.17) is 9.52 Å². The van der Waals surface area contributed by atoms with Crippen LogP contribution < -0.4 is 5.32 Å². The van der Waals surface area contributed by atoms with E-state index < -0.39 is 10.9 Å². The van der Waals surface area contributed by atoms with Crippen LogP contribution >= 0.6 is 0 Å². The van der Waals surface area contributed by atoms with E-state index in [0.29, 0.717) is 11.3 Å². The molecule has 0 aliphatic carbocycles. The maximum Gasteiger partial charge on any atom is 0.336 e. The maximum atomic E-state index is 11.1. The lowest BCUT2D eigenvalue weighted by Gasteiger charge is -2.10. The number of carboxylic acid groups (broad SMARTS) is 1. The average Bonchev–Trinajstić information content (AvgIpc) is 2.89. The Morgan fingerprint density at radius 3 is 2.85 bits per heavy atom. The van der Waals surface area contributed by atoms with Gasteiger partial charge in [0.2, 0.25) is 0 Å². The molecule has 0 amide bonds. The summed E-state index contributed by atoms with van der Waals surface area (Å²) in [6.07, 6.45) is 2.71. The van der Waals surface area contributed by atoms with Crippen molar-refractivity contribution in [1.82, 2.24) is 4.98 Å². The number of carbonyl (C=O) groups is 1. The molecule has 2 rings (SSSR count). The zero-order chi connectivity index (χ0) is 14.7. The van der Waals surface area contributed by atoms with Crippen LogP contribution in [0.5, 0.6) is 0 Å². The van der Waals surface area contributed by atoms with Crippen LogP contribution in [0.2, 0.25) is 0 Å². The summed E-state index contributed by atoms with van der Waals surface area (Å²) >= 11 is 0. The van der Waals surface area contributed by atoms with Gasteiger partial charge in [-0.25, -0.2) is 9.78 Å². The summed E-state index contributed by atoms with van der Waals surface area (Å²) in [4.78, 5) is 25.2. The number of aromatic nitrogens is 1. The second-order valence-corrected chi connectivity index (χ2v) is 4.02. The summed E-state index contributed by atoms with van der Waals surface area (Å²) in [6, 6.07) is 2.38. The van der Waals surface area contributed by atoms with Crippen LogP contribution in [0.4, 0.5) is 11.4 Å². The minimum absolute atomic E-state index is 0.00988. The van der Waals surface area contributed by atoms with E-state index >= 15 is 0 Å². The molecule has 104 valence electrons. The van der Waals surface area contributed by atoms with E-state index in [2.05, 4.69) is 10.3 Å². The summed E-state index contributed by atoms with van der Waals surface area (Å²) in [6.45, 7) is 1.68. The first kappa shape index (κ1) is 13.5. The lowest BCUT2D eigenvalue weighted by Crippen LogP contribution is -2.08. The summed E-state index contributed by atoms with van der Waals surface area (Å²) in [5.74, 6) is -0.653. The molecule has 2 aromatic rings. The summed E-state index contributed by atoms with van der Waals surface area (Å²) in [5.41, 5.74) is 0.278. The minimum Gasteiger partial charge on any atom is -0.478 e. The second-order valence-electron chi connectivity index (χ2n) is 4.02. The van der Waals surface area contributed by atoms with Crippen LogP contribution in [0.15, 0.2) is 29.1 Å². The Labute approximate surface area is 113 Å². The van der Waals surface area contributed by atoms with Crippen LogP contribution in [0, 0.1) is 17.0 Å². The second kappa shape index (κ2) is 5.39. The van der Waals surface area contributed by atoms with Gasteiger partial charge in [-0.1, -0.05) is 0 Å². The normalized spacial score (nSPS) is 10.2. The highest BCUT2D eigenvalue weighted by Crippen LogP contribution is 2.31. The Hall–Kier alpha value is -2.90. The van der Waals surface area contributed by atoms with E-state index in [0.717, 1.165) is 0 Å². The third-order valence-electron chi connectivity index (χ3n) is 2.79. The third-order valence-corrected chi connectivity index (χ3v) is 2.79. The molecule has 0 unspecified atom stereocenters. The van der Waals surface area contributed by atoms with Crippen molar-refractivity contribution in [2.24, 2.45) is 0 Å². The number of rotatable bonds is 5. The Morgan fingerprint density at radius 2 is 2.30 bits per heavy atom. The van der Waals surface area contributed by atoms with Gasteiger partial charge in [-0.2, -0.15) is 0 Å². The van der Waals surface area contributed by atoms with Crippen molar-refractivity contribution in [1.29, 1.82) is 0 Å². The van der Waals surface area contributed by atoms with Crippen molar-refractivity contribution in [2.75, 3.05) is 5.32 Å². The monoisotopic (exact) mass is 277 g/mol. The van der Waals surface area contributed by atoms with Gasteiger partial charge in [-0.3, -0.25) is 10.1 Å². The van der Waals surface area contributed by atoms with Crippen molar-refractivity contribution in [3.8, 4) is 0 Å². The smallest absolute Gasteiger partial charge is 0.336 e. The first-order valence-corrected chi connectivity index (χ1v) is 5.63. The Kier molecular flexibility index (Phi) is 3.65. The number of carboxylic acids is 1. The topological polar surface area (TPSA) is 118 Å². The number of nitrogens with zero attached hydrogens (tertiary/aromatic N) is 2. The fourth-order valence-electron chi connectivity index (χ4n) is 1.81. The number of hydrogen-bond donors (Lipinski definition) is 2. The minimum atomic E-state index is -1.14. The van der Waals surface area contributed by atoms with Crippen molar-refractivity contribution in [3.63, 3.8) is 0 Å². The molecule has 1 aromatic carbocycles. The molecule has 0 fully saturated rings. The molecule has 2 N–H and O–H groups in total. The standard InChI is InChI=1S/C12H11N3O5/c1-7-9(12(16)17)2-3-10(15(18)19)11(7)14-5-8-4-13-6-20-8/h2-4,6,14H,5H2,1H3,(H,16,17). The molecular weight excluding hydrogens is 266 g/mol. The van der Waals surface area contributed by atoms with Gasteiger partial charge in [0.25, 0.3) is 5.69 Å². The van der Waals surface area contributed by atoms with Crippen LogP contribution in [0.3, 0.4) is 0 Å². The SMILES string of the molecule is Cc1c(C(=O)O)ccc([N+](=O)[O-])c1NCc1cnco1. The molecule has 0 radical (unpaired) electrons. The molecule has 0 saturated carbocycles. The Morgan fingerprint density at radius 1 is 1.55 bits per heavy atom. The van der Waals surface area contributed by atoms with E-state index in [9.17, 15) is 14.9 Å². The van der Waals surface area contributed by atoms with Gasteiger partial charge >= 0.3 is 5.97 Å². The zero-order valence-corrected chi connectivity index (χ0v) is 10.5. The van der Waals surface area contributed by atoms with E-state index in [1.54, 1.807) is 0 Å². The van der Waals surface area contributed by atoms with E-state index in [-0.39, 0.29) is 23.5 Å². The van der Waals surface area contributed by atoms with Crippen molar-refractivity contribution in [2.45, 2.75) is 13.5 Å². The Balaban J connectivity index is 2.39. The lowest BCUT2D eigenvalue weighted by atomic mass is 10.1. The summed E-state index contributed by atoms with van der Waals surface area (Å²) in [7, 11) is 0. The van der Waals surface area contributed by atoms with Gasteiger partial charge in [0, 0.05) is 6.07 Å². The average molecular weight is 277 g/mol. The molecule has 0 spiro atoms. The quantitative estimate of drug-likeness (QED) is 0.635. The highest BCUT2D eigenvalue weighted by Gasteiger charge is 2.21. The van der Waals surface area contributed by atoms with Crippen LogP contribution in [0.1, 0.15) is 21.7 Å². The number of nitrogens with one attached hydrogen (secondary N) is 1. The van der Waals surface area contributed by atoms with E-state index in [1.165, 1.54) is 31.6 Å². The summed E-state index contributed by atoms with van der Waals surface area (Å²) in [5, 5.41) is 22.9. The molecule has 1 heterocycles. The van der Waals surface area contributed by atoms with Crippen LogP contribution in [0.25, 0.3) is 0 Å². The third kappa shape index (κ3) is 2.58. The largest absolute Gasteiger partial charge is 0.478 e. The first-order chi connectivity index (χ1) is 9.50. The number of aromatic carboxylic acids is 1. The maximum absolute atomic E-state index is 11.1. The van der Waals surface area contributed by atoms with Crippen molar-refractivity contribution >= 4 is 17.3 Å². The molecule has 1 aromatic heterocycles. The molecule has 8 nitrogen and oxygen atoms in total. The number of anilines is 1. The van der Waals surface area contributed by atoms with Gasteiger partial charge in [-0.15, -0.1) is 0 Å². The van der Waals surface area contributed by atoms with Gasteiger partial charge in [0.15, 0.2) is 6.39 Å². The van der Waals surface area contributed by atoms with Crippen LogP contribution in [-0.4, -0.2) is 21.0 Å². The van der Waals surface area contributed by atoms with Crippen LogP contribution in [-0.2, 0) is 6.54 Å². The fraction of sp³-hybridized carbons (Fsp3) is 0.167. The molecular formula is C12H11N3O5. The molecule has 0 aliphatic rings. The molecule has 0 bridgehead atoms. The lowest BCUT2D eigenvalue weighted by molar-refractivity contribution is -0.384. The first-order valence-electron chi connectivity index (χ1n) is 5.63. The molecule has 8 heteroatoms. The summed E-state index contributed by atoms with van der Waals surface area (Å²) < 4.78 is 5.01. The Bertz CT molecular complexity index is 651. The fourth-order valence-corrected chi connectivity index (χ4v) is 1.81. The number of benzene rings is 1.